The molecule has 204 valence electrons. The van der Waals surface area contributed by atoms with Crippen LogP contribution in [-0.4, -0.2) is 58.6 Å². The van der Waals surface area contributed by atoms with Gasteiger partial charge in [0.15, 0.2) is 0 Å². The molecule has 7 heteroatoms. The molecular weight excluding hydrogens is 496 g/mol. The highest BCUT2D eigenvalue weighted by atomic mass is 32.2. The largest absolute Gasteiger partial charge is 0.497 e. The summed E-state index contributed by atoms with van der Waals surface area (Å²) in [6.45, 7) is 5.15. The minimum absolute atomic E-state index is 0.204. The number of methoxy groups -OCH3 is 1. The number of hydrogen-bond donors (Lipinski definition) is 2. The molecule has 0 bridgehead atoms. The fourth-order valence-corrected chi connectivity index (χ4v) is 6.60. The van der Waals surface area contributed by atoms with Crippen LogP contribution in [0.1, 0.15) is 55.8 Å². The fourth-order valence-electron chi connectivity index (χ4n) is 5.65. The van der Waals surface area contributed by atoms with Gasteiger partial charge in [-0.1, -0.05) is 17.7 Å². The van der Waals surface area contributed by atoms with E-state index in [1.54, 1.807) is 13.3 Å². The predicted molar refractivity (Wildman–Crippen MR) is 154 cm³/mol. The summed E-state index contributed by atoms with van der Waals surface area (Å²) in [4.78, 5) is 19.6. The Kier molecular flexibility index (Phi) is 10.4. The number of pyridine rings is 1. The van der Waals surface area contributed by atoms with Crippen LogP contribution in [0.15, 0.2) is 59.6 Å². The maximum Gasteiger partial charge on any atom is 0.303 e. The molecule has 38 heavy (non-hydrogen) atoms. The average molecular weight is 537 g/mol. The molecule has 1 aromatic heterocycles. The van der Waals surface area contributed by atoms with E-state index < -0.39 is 12.1 Å². The number of aliphatic hydroxyl groups is 1. The smallest absolute Gasteiger partial charge is 0.303 e. The molecule has 1 saturated heterocycles. The molecule has 3 atom stereocenters. The fraction of sp³-hybridized carbons (Fsp3) is 0.484. The third-order valence-electron chi connectivity index (χ3n) is 7.73. The number of fused-ring (bicyclic) bond motifs is 1. The first-order chi connectivity index (χ1) is 18.4. The Bertz CT molecular complexity index is 1200. The van der Waals surface area contributed by atoms with Gasteiger partial charge in [0.25, 0.3) is 0 Å². The molecule has 1 aliphatic heterocycles. The molecule has 2 aromatic carbocycles. The molecule has 1 aliphatic rings. The van der Waals surface area contributed by atoms with E-state index in [9.17, 15) is 15.0 Å². The zero-order valence-electron chi connectivity index (χ0n) is 22.5. The van der Waals surface area contributed by atoms with Gasteiger partial charge in [-0.2, -0.15) is 0 Å². The molecule has 2 heterocycles. The maximum absolute atomic E-state index is 11.4. The number of benzene rings is 2. The van der Waals surface area contributed by atoms with Gasteiger partial charge in [-0.3, -0.25) is 9.78 Å². The molecule has 1 unspecified atom stereocenters. The monoisotopic (exact) mass is 536 g/mol. The van der Waals surface area contributed by atoms with Gasteiger partial charge in [0, 0.05) is 29.4 Å². The van der Waals surface area contributed by atoms with Crippen molar-refractivity contribution in [2.75, 3.05) is 32.5 Å². The summed E-state index contributed by atoms with van der Waals surface area (Å²) in [5.74, 6) is 1.86. The quantitative estimate of drug-likeness (QED) is 0.195. The summed E-state index contributed by atoms with van der Waals surface area (Å²) < 4.78 is 5.38. The lowest BCUT2D eigenvalue weighted by molar-refractivity contribution is -0.137. The Labute approximate surface area is 230 Å². The van der Waals surface area contributed by atoms with E-state index in [0.29, 0.717) is 24.7 Å². The third kappa shape index (κ3) is 7.95. The summed E-state index contributed by atoms with van der Waals surface area (Å²) in [6, 6.07) is 16.3. The number of rotatable bonds is 13. The van der Waals surface area contributed by atoms with E-state index in [1.165, 1.54) is 10.5 Å². The maximum atomic E-state index is 11.4. The number of nitrogens with zero attached hydrogens (tertiary/aromatic N) is 2. The number of aliphatic hydroxyl groups excluding tert-OH is 1. The van der Waals surface area contributed by atoms with Gasteiger partial charge in [-0.25, -0.2) is 0 Å². The number of carbonyl (C=O) groups is 1. The van der Waals surface area contributed by atoms with Crippen molar-refractivity contribution in [2.24, 2.45) is 11.8 Å². The van der Waals surface area contributed by atoms with Crippen molar-refractivity contribution >= 4 is 28.6 Å². The van der Waals surface area contributed by atoms with Crippen molar-refractivity contribution in [1.29, 1.82) is 0 Å². The molecule has 4 rings (SSSR count). The summed E-state index contributed by atoms with van der Waals surface area (Å²) in [7, 11) is 1.64. The van der Waals surface area contributed by atoms with Crippen molar-refractivity contribution in [3.8, 4) is 5.75 Å². The number of piperidine rings is 1. The Morgan fingerprint density at radius 3 is 2.84 bits per heavy atom. The van der Waals surface area contributed by atoms with Crippen molar-refractivity contribution in [3.63, 3.8) is 0 Å². The second-order valence-electron chi connectivity index (χ2n) is 10.4. The first-order valence-corrected chi connectivity index (χ1v) is 14.7. The number of hydrogen-bond acceptors (Lipinski definition) is 6. The van der Waals surface area contributed by atoms with Gasteiger partial charge >= 0.3 is 5.97 Å². The molecule has 2 N–H and O–H groups in total. The minimum atomic E-state index is -0.729. The van der Waals surface area contributed by atoms with E-state index in [1.807, 2.05) is 36.0 Å². The zero-order valence-corrected chi connectivity index (χ0v) is 23.3. The average Bonchev–Trinajstić information content (AvgIpc) is 2.92. The molecule has 3 aromatic rings. The summed E-state index contributed by atoms with van der Waals surface area (Å²) >= 11 is 1.91. The molecule has 1 fully saturated rings. The normalized spacial score (nSPS) is 18.9. The molecule has 0 saturated carbocycles. The molecule has 0 amide bonds. The van der Waals surface area contributed by atoms with Crippen LogP contribution < -0.4 is 4.74 Å². The van der Waals surface area contributed by atoms with Gasteiger partial charge in [0.2, 0.25) is 0 Å². The van der Waals surface area contributed by atoms with Crippen molar-refractivity contribution in [1.82, 2.24) is 9.88 Å². The van der Waals surface area contributed by atoms with Crippen LogP contribution in [0.25, 0.3) is 10.9 Å². The molecule has 0 spiro atoms. The van der Waals surface area contributed by atoms with Gasteiger partial charge in [-0.05, 0) is 112 Å². The lowest BCUT2D eigenvalue weighted by Gasteiger charge is -2.39. The Morgan fingerprint density at radius 1 is 1.18 bits per heavy atom. The van der Waals surface area contributed by atoms with Gasteiger partial charge in [0.1, 0.15) is 5.75 Å². The topological polar surface area (TPSA) is 82.9 Å². The van der Waals surface area contributed by atoms with E-state index in [-0.39, 0.29) is 6.42 Å². The lowest BCUT2D eigenvalue weighted by atomic mass is 9.79. The van der Waals surface area contributed by atoms with Gasteiger partial charge in [-0.15, -0.1) is 11.8 Å². The van der Waals surface area contributed by atoms with Crippen LogP contribution in [0.4, 0.5) is 0 Å². The zero-order chi connectivity index (χ0) is 26.9. The predicted octanol–water partition coefficient (Wildman–Crippen LogP) is 6.35. The van der Waals surface area contributed by atoms with E-state index in [4.69, 9.17) is 4.74 Å². The SMILES string of the molecule is COc1ccc2nccc(C(O)CC[C@@H]3CCN(CCCSc4cccc(C)c4)C[C@@H]3CCC(=O)O)c2c1. The molecule has 0 aliphatic carbocycles. The number of aliphatic carboxylic acids is 1. The van der Waals surface area contributed by atoms with Crippen LogP contribution in [0.3, 0.4) is 0 Å². The number of aromatic nitrogens is 1. The van der Waals surface area contributed by atoms with Gasteiger partial charge in [0.05, 0.1) is 18.7 Å². The number of thioether (sulfide) groups is 1. The van der Waals surface area contributed by atoms with Crippen LogP contribution in [0.5, 0.6) is 5.75 Å². The van der Waals surface area contributed by atoms with Crippen molar-refractivity contribution in [2.45, 2.75) is 56.4 Å². The number of ether oxygens (including phenoxy) is 1. The third-order valence-corrected chi connectivity index (χ3v) is 8.81. The standard InChI is InChI=1S/C31H40N2O4S/c1-22-5-3-6-26(19-22)38-18-4-16-33-17-14-23(24(21-33)8-12-31(35)36)7-11-30(34)27-13-15-32-29-10-9-25(37-2)20-28(27)29/h3,5-6,9-10,13,15,19-20,23-24,30,34H,4,7-8,11-12,14,16-18,21H2,1-2H3,(H,35,36)/t23-,24+,30?/m1/s1. The number of aryl methyl sites for hydroxylation is 1. The van der Waals surface area contributed by atoms with Crippen LogP contribution in [-0.2, 0) is 4.79 Å². The minimum Gasteiger partial charge on any atom is -0.497 e. The first-order valence-electron chi connectivity index (χ1n) is 13.7. The Hall–Kier alpha value is -2.61. The van der Waals surface area contributed by atoms with E-state index >= 15 is 0 Å². The summed E-state index contributed by atoms with van der Waals surface area (Å²) in [5.41, 5.74) is 3.01. The second-order valence-corrected chi connectivity index (χ2v) is 11.6. The highest BCUT2D eigenvalue weighted by Gasteiger charge is 2.30. The highest BCUT2D eigenvalue weighted by molar-refractivity contribution is 7.99. The summed E-state index contributed by atoms with van der Waals surface area (Å²) in [6.07, 6.45) is 5.76. The summed E-state index contributed by atoms with van der Waals surface area (Å²) in [5, 5.41) is 21.4. The highest BCUT2D eigenvalue weighted by Crippen LogP contribution is 2.35. The van der Waals surface area contributed by atoms with E-state index in [0.717, 1.165) is 66.9 Å². The first kappa shape index (κ1) is 28.4. The Morgan fingerprint density at radius 2 is 2.05 bits per heavy atom. The van der Waals surface area contributed by atoms with Crippen LogP contribution in [0.2, 0.25) is 0 Å². The van der Waals surface area contributed by atoms with Crippen LogP contribution >= 0.6 is 11.8 Å². The number of carboxylic acid groups (broad SMARTS) is 1. The van der Waals surface area contributed by atoms with E-state index in [2.05, 4.69) is 41.1 Å². The molecule has 0 radical (unpaired) electrons. The van der Waals surface area contributed by atoms with Crippen molar-refractivity contribution in [3.05, 3.63) is 65.9 Å². The van der Waals surface area contributed by atoms with Gasteiger partial charge < -0.3 is 19.8 Å². The lowest BCUT2D eigenvalue weighted by Crippen LogP contribution is -2.41. The number of likely N-dealkylation sites (tertiary alicyclic amines) is 1. The second kappa shape index (κ2) is 14.0. The van der Waals surface area contributed by atoms with Crippen LogP contribution in [0, 0.1) is 18.8 Å². The number of carboxylic acids is 1. The molecular formula is C31H40N2O4S. The Balaban J connectivity index is 1.32. The van der Waals surface area contributed by atoms with Crippen molar-refractivity contribution < 1.29 is 19.7 Å². The molecule has 6 nitrogen and oxygen atoms in total.